The number of furan rings is 1. The van der Waals surface area contributed by atoms with Crippen LogP contribution in [0.25, 0.3) is 88.1 Å². The Hall–Kier alpha value is -7.62. The number of nitrogens with zero attached hydrogens (tertiary/aromatic N) is 2. The summed E-state index contributed by atoms with van der Waals surface area (Å²) in [6.07, 6.45) is 0. The van der Waals surface area contributed by atoms with Gasteiger partial charge in [-0.1, -0.05) is 152 Å². The molecule has 3 heterocycles. The van der Waals surface area contributed by atoms with Crippen LogP contribution >= 0.6 is 0 Å². The number of aromatic nitrogens is 2. The Morgan fingerprint density at radius 2 is 0.897 bits per heavy atom. The highest BCUT2D eigenvalue weighted by Gasteiger charge is 2.46. The Kier molecular flexibility index (Phi) is 6.37. The zero-order valence-electron chi connectivity index (χ0n) is 31.4. The van der Waals surface area contributed by atoms with Gasteiger partial charge in [-0.15, -0.1) is 0 Å². The molecule has 0 amide bonds. The Morgan fingerprint density at radius 3 is 1.66 bits per heavy atom. The van der Waals surface area contributed by atoms with E-state index >= 15 is 0 Å². The zero-order chi connectivity index (χ0) is 38.0. The molecule has 0 unspecified atom stereocenters. The van der Waals surface area contributed by atoms with Gasteiger partial charge < -0.3 is 13.6 Å². The van der Waals surface area contributed by atoms with E-state index in [1.54, 1.807) is 0 Å². The van der Waals surface area contributed by atoms with E-state index in [4.69, 9.17) is 4.42 Å². The molecule has 3 nitrogen and oxygen atoms in total. The van der Waals surface area contributed by atoms with Crippen molar-refractivity contribution in [2.75, 3.05) is 0 Å². The molecular weight excluding hydrogens is 705 g/mol. The van der Waals surface area contributed by atoms with Gasteiger partial charge in [0.2, 0.25) is 0 Å². The van der Waals surface area contributed by atoms with Crippen LogP contribution in [0.1, 0.15) is 22.3 Å². The lowest BCUT2D eigenvalue weighted by Crippen LogP contribution is -2.28. The summed E-state index contributed by atoms with van der Waals surface area (Å²) in [4.78, 5) is 0. The number of benzene rings is 9. The average Bonchev–Trinajstić information content (AvgIpc) is 4.02. The van der Waals surface area contributed by atoms with E-state index in [0.29, 0.717) is 0 Å². The van der Waals surface area contributed by atoms with E-state index in [1.165, 1.54) is 66.0 Å². The smallest absolute Gasteiger partial charge is 0.159 e. The predicted octanol–water partition coefficient (Wildman–Crippen LogP) is 14.1. The Balaban J connectivity index is 1.06. The van der Waals surface area contributed by atoms with Crippen molar-refractivity contribution < 1.29 is 4.42 Å². The highest BCUT2D eigenvalue weighted by Crippen LogP contribution is 2.56. The van der Waals surface area contributed by atoms with Crippen molar-refractivity contribution in [1.82, 2.24) is 9.13 Å². The predicted molar refractivity (Wildman–Crippen MR) is 240 cm³/mol. The van der Waals surface area contributed by atoms with Crippen LogP contribution in [-0.2, 0) is 5.41 Å². The van der Waals surface area contributed by atoms with Gasteiger partial charge in [0.1, 0.15) is 5.58 Å². The second-order valence-corrected chi connectivity index (χ2v) is 15.6. The van der Waals surface area contributed by atoms with Gasteiger partial charge in [-0.3, -0.25) is 0 Å². The van der Waals surface area contributed by atoms with Crippen LogP contribution in [0, 0.1) is 0 Å². The molecule has 3 heteroatoms. The highest BCUT2D eigenvalue weighted by atomic mass is 16.3. The molecule has 0 atom stereocenters. The van der Waals surface area contributed by atoms with E-state index in [0.717, 1.165) is 44.3 Å². The van der Waals surface area contributed by atoms with Crippen LogP contribution < -0.4 is 0 Å². The third-order valence-corrected chi connectivity index (χ3v) is 12.8. The lowest BCUT2D eigenvalue weighted by Gasteiger charge is -2.34. The van der Waals surface area contributed by atoms with Crippen molar-refractivity contribution in [3.63, 3.8) is 0 Å². The number of fused-ring (bicyclic) bond motifs is 12. The molecule has 1 aliphatic rings. The molecule has 3 aromatic heterocycles. The number of hydrogen-bond donors (Lipinski definition) is 0. The summed E-state index contributed by atoms with van der Waals surface area (Å²) in [6.45, 7) is 0. The highest BCUT2D eigenvalue weighted by molar-refractivity contribution is 6.14. The maximum absolute atomic E-state index is 6.58. The van der Waals surface area contributed by atoms with Crippen molar-refractivity contribution >= 4 is 65.6 Å². The minimum atomic E-state index is -0.463. The molecule has 0 fully saturated rings. The Morgan fingerprint density at radius 1 is 0.345 bits per heavy atom. The molecule has 13 rings (SSSR count). The summed E-state index contributed by atoms with van der Waals surface area (Å²) in [6, 6.07) is 75.6. The molecule has 0 radical (unpaired) electrons. The molecule has 0 saturated carbocycles. The normalized spacial score (nSPS) is 13.3. The SMILES string of the molecule is c1ccc(C2(c3ccc4c(c3)c3ccccc3n4-c3ccc4c(c3)c3ccccc3n4-c3cccc4c3oc3ccccc34)c3ccccc3-c3ccccc32)cc1. The van der Waals surface area contributed by atoms with Crippen LogP contribution in [0.3, 0.4) is 0 Å². The van der Waals surface area contributed by atoms with E-state index < -0.39 is 5.41 Å². The van der Waals surface area contributed by atoms with Gasteiger partial charge in [0.05, 0.1) is 33.2 Å². The molecule has 0 spiro atoms. The molecule has 0 bridgehead atoms. The lowest BCUT2D eigenvalue weighted by molar-refractivity contribution is 0.666. The van der Waals surface area contributed by atoms with Gasteiger partial charge in [-0.25, -0.2) is 0 Å². The number of hydrogen-bond acceptors (Lipinski definition) is 1. The Labute approximate surface area is 334 Å². The third kappa shape index (κ3) is 4.07. The van der Waals surface area contributed by atoms with Gasteiger partial charge in [0, 0.05) is 38.0 Å². The van der Waals surface area contributed by atoms with Crippen LogP contribution in [0.2, 0.25) is 0 Å². The summed E-state index contributed by atoms with van der Waals surface area (Å²) in [7, 11) is 0. The van der Waals surface area contributed by atoms with Gasteiger partial charge in [0.15, 0.2) is 5.58 Å². The van der Waals surface area contributed by atoms with Gasteiger partial charge in [-0.2, -0.15) is 0 Å². The summed E-state index contributed by atoms with van der Waals surface area (Å²) in [5.41, 5.74) is 16.0. The van der Waals surface area contributed by atoms with Crippen LogP contribution in [0.5, 0.6) is 0 Å². The summed E-state index contributed by atoms with van der Waals surface area (Å²) < 4.78 is 11.4. The molecule has 0 saturated heterocycles. The van der Waals surface area contributed by atoms with E-state index in [2.05, 4.69) is 209 Å². The second kappa shape index (κ2) is 11.7. The molecule has 1 aliphatic carbocycles. The molecule has 12 aromatic rings. The first-order valence-electron chi connectivity index (χ1n) is 20.0. The summed E-state index contributed by atoms with van der Waals surface area (Å²) in [5.74, 6) is 0. The largest absolute Gasteiger partial charge is 0.454 e. The van der Waals surface area contributed by atoms with Crippen LogP contribution in [0.4, 0.5) is 0 Å². The summed E-state index contributed by atoms with van der Waals surface area (Å²) >= 11 is 0. The van der Waals surface area contributed by atoms with E-state index in [1.807, 2.05) is 6.07 Å². The third-order valence-electron chi connectivity index (χ3n) is 12.8. The molecule has 58 heavy (non-hydrogen) atoms. The van der Waals surface area contributed by atoms with Crippen molar-refractivity contribution in [3.05, 3.63) is 229 Å². The maximum Gasteiger partial charge on any atom is 0.159 e. The van der Waals surface area contributed by atoms with E-state index in [-0.39, 0.29) is 0 Å². The quantitative estimate of drug-likeness (QED) is 0.176. The van der Waals surface area contributed by atoms with Crippen molar-refractivity contribution in [1.29, 1.82) is 0 Å². The van der Waals surface area contributed by atoms with Gasteiger partial charge >= 0.3 is 0 Å². The molecule has 9 aromatic carbocycles. The van der Waals surface area contributed by atoms with Gasteiger partial charge in [-0.05, 0) is 88.0 Å². The topological polar surface area (TPSA) is 23.0 Å². The van der Waals surface area contributed by atoms with Crippen LogP contribution in [0.15, 0.2) is 211 Å². The average molecular weight is 739 g/mol. The molecular formula is C55H34N2O. The molecule has 0 aliphatic heterocycles. The fourth-order valence-corrected chi connectivity index (χ4v) is 10.5. The first-order chi connectivity index (χ1) is 28.8. The second-order valence-electron chi connectivity index (χ2n) is 15.6. The number of rotatable bonds is 4. The first kappa shape index (κ1) is 31.6. The Bertz CT molecular complexity index is 3590. The van der Waals surface area contributed by atoms with Crippen molar-refractivity contribution in [2.45, 2.75) is 5.41 Å². The first-order valence-corrected chi connectivity index (χ1v) is 20.0. The molecule has 0 N–H and O–H groups in total. The fraction of sp³-hybridized carbons (Fsp3) is 0.0182. The fourth-order valence-electron chi connectivity index (χ4n) is 10.5. The lowest BCUT2D eigenvalue weighted by atomic mass is 9.67. The van der Waals surface area contributed by atoms with Gasteiger partial charge in [0.25, 0.3) is 0 Å². The maximum atomic E-state index is 6.58. The minimum absolute atomic E-state index is 0.463. The van der Waals surface area contributed by atoms with Crippen LogP contribution in [-0.4, -0.2) is 9.13 Å². The number of para-hydroxylation sites is 4. The van der Waals surface area contributed by atoms with E-state index in [9.17, 15) is 0 Å². The molecule has 270 valence electrons. The zero-order valence-corrected chi connectivity index (χ0v) is 31.4. The van der Waals surface area contributed by atoms with Crippen molar-refractivity contribution in [3.8, 4) is 22.5 Å². The standard InChI is InChI=1S/C55H34N2O/c1-2-15-35(16-3-1)55(46-23-9-4-17-38(46)39-18-5-10-24-47(39)55)36-29-31-50-44(33-36)40-19-6-11-25-48(40)56(50)37-30-32-51-45(34-37)41-20-7-12-26-49(41)57(51)52-27-14-22-43-42-21-8-13-28-53(42)58-54(43)52/h1-34H. The minimum Gasteiger partial charge on any atom is -0.454 e. The monoisotopic (exact) mass is 738 g/mol. The summed E-state index contributed by atoms with van der Waals surface area (Å²) in [5, 5.41) is 7.14. The van der Waals surface area contributed by atoms with Crippen molar-refractivity contribution in [2.24, 2.45) is 0 Å².